The van der Waals surface area contributed by atoms with Gasteiger partial charge in [0.15, 0.2) is 0 Å². The van der Waals surface area contributed by atoms with Crippen molar-refractivity contribution in [3.63, 3.8) is 0 Å². The van der Waals surface area contributed by atoms with E-state index < -0.39 is 9.84 Å². The van der Waals surface area contributed by atoms with Crippen molar-refractivity contribution in [2.45, 2.75) is 12.6 Å². The second kappa shape index (κ2) is 6.32. The minimum atomic E-state index is -3.02. The minimum Gasteiger partial charge on any atom is -0.305 e. The van der Waals surface area contributed by atoms with Gasteiger partial charge in [-0.1, -0.05) is 30.3 Å². The summed E-state index contributed by atoms with van der Waals surface area (Å²) in [5.41, 5.74) is 2.18. The molecule has 1 aromatic carbocycles. The van der Waals surface area contributed by atoms with Gasteiger partial charge in [-0.15, -0.1) is 0 Å². The lowest BCUT2D eigenvalue weighted by Gasteiger charge is -2.18. The lowest BCUT2D eigenvalue weighted by Crippen LogP contribution is -2.27. The van der Waals surface area contributed by atoms with Crippen LogP contribution in [0.15, 0.2) is 47.2 Å². The Morgan fingerprint density at radius 1 is 1.21 bits per heavy atom. The fraction of sp³-hybridized carbons (Fsp3) is 0.286. The number of nitrogens with one attached hydrogen (secondary N) is 1. The number of hydrogen-bond donors (Lipinski definition) is 1. The Morgan fingerprint density at radius 3 is 2.53 bits per heavy atom. The molecule has 5 heteroatoms. The first-order valence-corrected chi connectivity index (χ1v) is 9.02. The SMILES string of the molecule is CS(=O)(=O)C[C@H](NCc1ccsc1)c1ccccc1. The van der Waals surface area contributed by atoms with Crippen molar-refractivity contribution < 1.29 is 8.42 Å². The maximum Gasteiger partial charge on any atom is 0.149 e. The summed E-state index contributed by atoms with van der Waals surface area (Å²) in [6.07, 6.45) is 1.27. The molecule has 0 unspecified atom stereocenters. The fourth-order valence-corrected chi connectivity index (χ4v) is 3.48. The zero-order valence-corrected chi connectivity index (χ0v) is 12.4. The lowest BCUT2D eigenvalue weighted by molar-refractivity contribution is 0.551. The number of thiophene rings is 1. The van der Waals surface area contributed by atoms with Crippen molar-refractivity contribution in [2.24, 2.45) is 0 Å². The van der Waals surface area contributed by atoms with Crippen molar-refractivity contribution in [1.82, 2.24) is 5.32 Å². The second-order valence-electron chi connectivity index (χ2n) is 4.57. The highest BCUT2D eigenvalue weighted by molar-refractivity contribution is 7.90. The molecule has 0 spiro atoms. The topological polar surface area (TPSA) is 46.2 Å². The maximum absolute atomic E-state index is 11.5. The van der Waals surface area contributed by atoms with Crippen LogP contribution in [0.3, 0.4) is 0 Å². The highest BCUT2D eigenvalue weighted by Crippen LogP contribution is 2.16. The van der Waals surface area contributed by atoms with Crippen molar-refractivity contribution >= 4 is 21.2 Å². The van der Waals surface area contributed by atoms with E-state index in [1.165, 1.54) is 11.8 Å². The van der Waals surface area contributed by atoms with Crippen LogP contribution in [-0.4, -0.2) is 20.4 Å². The molecule has 0 saturated heterocycles. The van der Waals surface area contributed by atoms with E-state index in [-0.39, 0.29) is 11.8 Å². The van der Waals surface area contributed by atoms with Crippen molar-refractivity contribution in [1.29, 1.82) is 0 Å². The Hall–Kier alpha value is -1.17. The summed E-state index contributed by atoms with van der Waals surface area (Å²) < 4.78 is 23.1. The summed E-state index contributed by atoms with van der Waals surface area (Å²) in [5.74, 6) is 0.112. The van der Waals surface area contributed by atoms with E-state index in [0.29, 0.717) is 6.54 Å². The fourth-order valence-electron chi connectivity index (χ4n) is 1.90. The van der Waals surface area contributed by atoms with Gasteiger partial charge < -0.3 is 5.32 Å². The van der Waals surface area contributed by atoms with Crippen molar-refractivity contribution in [3.05, 3.63) is 58.3 Å². The van der Waals surface area contributed by atoms with Crippen LogP contribution in [-0.2, 0) is 16.4 Å². The van der Waals surface area contributed by atoms with E-state index in [4.69, 9.17) is 0 Å². The average Bonchev–Trinajstić information content (AvgIpc) is 2.87. The van der Waals surface area contributed by atoms with E-state index in [2.05, 4.69) is 10.7 Å². The summed E-state index contributed by atoms with van der Waals surface area (Å²) in [7, 11) is -3.02. The van der Waals surface area contributed by atoms with Crippen molar-refractivity contribution in [3.8, 4) is 0 Å². The van der Waals surface area contributed by atoms with Crippen LogP contribution in [0, 0.1) is 0 Å². The smallest absolute Gasteiger partial charge is 0.149 e. The van der Waals surface area contributed by atoms with E-state index in [0.717, 1.165) is 5.56 Å². The number of hydrogen-bond acceptors (Lipinski definition) is 4. The summed E-state index contributed by atoms with van der Waals surface area (Å²) >= 11 is 1.64. The molecule has 102 valence electrons. The van der Waals surface area contributed by atoms with Gasteiger partial charge in [0, 0.05) is 18.8 Å². The van der Waals surface area contributed by atoms with E-state index in [1.807, 2.05) is 41.8 Å². The molecule has 1 aromatic heterocycles. The summed E-state index contributed by atoms with van der Waals surface area (Å²) in [4.78, 5) is 0. The third-order valence-electron chi connectivity index (χ3n) is 2.80. The van der Waals surface area contributed by atoms with Gasteiger partial charge in [-0.3, -0.25) is 0 Å². The van der Waals surface area contributed by atoms with Crippen LogP contribution in [0.4, 0.5) is 0 Å². The Morgan fingerprint density at radius 2 is 1.95 bits per heavy atom. The van der Waals surface area contributed by atoms with Crippen LogP contribution >= 0.6 is 11.3 Å². The molecular weight excluding hydrogens is 278 g/mol. The van der Waals surface area contributed by atoms with Gasteiger partial charge in [0.2, 0.25) is 0 Å². The first-order chi connectivity index (χ1) is 9.04. The Bertz CT molecular complexity index is 592. The zero-order chi connectivity index (χ0) is 13.7. The lowest BCUT2D eigenvalue weighted by atomic mass is 10.1. The minimum absolute atomic E-state index is 0.112. The Balaban J connectivity index is 2.10. The molecule has 0 amide bonds. The van der Waals surface area contributed by atoms with Crippen LogP contribution in [0.2, 0.25) is 0 Å². The highest BCUT2D eigenvalue weighted by atomic mass is 32.2. The molecule has 2 rings (SSSR count). The third-order valence-corrected chi connectivity index (χ3v) is 4.47. The van der Waals surface area contributed by atoms with Gasteiger partial charge in [0.1, 0.15) is 9.84 Å². The molecule has 0 saturated carbocycles. The summed E-state index contributed by atoms with van der Waals surface area (Å²) in [5, 5.41) is 7.41. The van der Waals surface area contributed by atoms with Gasteiger partial charge in [-0.2, -0.15) is 11.3 Å². The van der Waals surface area contributed by atoms with Crippen LogP contribution in [0.25, 0.3) is 0 Å². The molecular formula is C14H17NO2S2. The number of sulfone groups is 1. The average molecular weight is 295 g/mol. The van der Waals surface area contributed by atoms with Crippen LogP contribution in [0.1, 0.15) is 17.2 Å². The number of rotatable bonds is 6. The van der Waals surface area contributed by atoms with Crippen LogP contribution < -0.4 is 5.32 Å². The predicted molar refractivity (Wildman–Crippen MR) is 80.1 cm³/mol. The van der Waals surface area contributed by atoms with E-state index in [9.17, 15) is 8.42 Å². The number of benzene rings is 1. The zero-order valence-electron chi connectivity index (χ0n) is 10.7. The Kier molecular flexibility index (Phi) is 4.74. The van der Waals surface area contributed by atoms with E-state index in [1.54, 1.807) is 11.3 Å². The Labute approximate surface area is 118 Å². The molecule has 0 aliphatic carbocycles. The molecule has 1 atom stereocenters. The first kappa shape index (κ1) is 14.2. The molecule has 0 fully saturated rings. The molecule has 0 bridgehead atoms. The molecule has 3 nitrogen and oxygen atoms in total. The molecule has 2 aromatic rings. The van der Waals surface area contributed by atoms with Gasteiger partial charge in [-0.25, -0.2) is 8.42 Å². The van der Waals surface area contributed by atoms with Crippen molar-refractivity contribution in [2.75, 3.05) is 12.0 Å². The summed E-state index contributed by atoms with van der Waals surface area (Å²) in [6, 6.07) is 11.6. The second-order valence-corrected chi connectivity index (χ2v) is 7.53. The third kappa shape index (κ3) is 4.78. The molecule has 0 aliphatic rings. The van der Waals surface area contributed by atoms with E-state index >= 15 is 0 Å². The highest BCUT2D eigenvalue weighted by Gasteiger charge is 2.16. The molecule has 0 aliphatic heterocycles. The van der Waals surface area contributed by atoms with Gasteiger partial charge in [-0.05, 0) is 28.0 Å². The molecule has 1 N–H and O–H groups in total. The first-order valence-electron chi connectivity index (χ1n) is 6.02. The summed E-state index contributed by atoms with van der Waals surface area (Å²) in [6.45, 7) is 0.679. The maximum atomic E-state index is 11.5. The van der Waals surface area contributed by atoms with Gasteiger partial charge in [0.05, 0.1) is 5.75 Å². The quantitative estimate of drug-likeness (QED) is 0.891. The van der Waals surface area contributed by atoms with Gasteiger partial charge in [0.25, 0.3) is 0 Å². The monoisotopic (exact) mass is 295 g/mol. The molecule has 0 radical (unpaired) electrons. The molecule has 1 heterocycles. The predicted octanol–water partition coefficient (Wildman–Crippen LogP) is 2.62. The standard InChI is InChI=1S/C14H17NO2S2/c1-19(16,17)11-14(13-5-3-2-4-6-13)15-9-12-7-8-18-10-12/h2-8,10,14-15H,9,11H2,1H3/t14-/m0/s1. The largest absolute Gasteiger partial charge is 0.305 e. The van der Waals surface area contributed by atoms with Crippen LogP contribution in [0.5, 0.6) is 0 Å². The normalized spacial score (nSPS) is 13.3. The molecule has 19 heavy (non-hydrogen) atoms. The van der Waals surface area contributed by atoms with Gasteiger partial charge >= 0.3 is 0 Å².